The molecule has 4 aromatic rings. The first kappa shape index (κ1) is 30.1. The number of ether oxygens (including phenoxy) is 2. The summed E-state index contributed by atoms with van der Waals surface area (Å²) in [5.74, 6) is -0.632. The Bertz CT molecular complexity index is 2100. The third kappa shape index (κ3) is 4.30. The van der Waals surface area contributed by atoms with Gasteiger partial charge in [0.15, 0.2) is 5.82 Å². The molecule has 14 heteroatoms. The molecule has 9 nitrogen and oxygen atoms in total. The summed E-state index contributed by atoms with van der Waals surface area (Å²) < 4.78 is 72.2. The molecule has 0 spiro atoms. The summed E-state index contributed by atoms with van der Waals surface area (Å²) in [6.07, 6.45) is 2.02. The lowest BCUT2D eigenvalue weighted by atomic mass is 9.90. The van der Waals surface area contributed by atoms with Crippen LogP contribution in [0.1, 0.15) is 48.8 Å². The number of anilines is 2. The molecule has 4 fully saturated rings. The van der Waals surface area contributed by atoms with Crippen LogP contribution in [0.3, 0.4) is 0 Å². The average molecular weight is 678 g/mol. The van der Waals surface area contributed by atoms with Crippen LogP contribution in [0.25, 0.3) is 32.1 Å². The number of rotatable bonds is 5. The van der Waals surface area contributed by atoms with Gasteiger partial charge >= 0.3 is 6.01 Å². The van der Waals surface area contributed by atoms with Crippen molar-refractivity contribution in [3.8, 4) is 23.2 Å². The first-order chi connectivity index (χ1) is 23.3. The van der Waals surface area contributed by atoms with Gasteiger partial charge in [0.25, 0.3) is 6.08 Å². The smallest absolute Gasteiger partial charge is 0.319 e. The van der Waals surface area contributed by atoms with Gasteiger partial charge in [-0.1, -0.05) is 6.07 Å². The molecule has 5 aliphatic rings. The highest BCUT2D eigenvalue weighted by Gasteiger charge is 2.48. The standard InChI is InChI=1S/C34H31F4N7O2S/c35-23-5-4-19(25-20(9-39)31(40)48-29(23)25)24-21-13-46-14-22(21)26-28(27(24)36)42-33(43-32(26)45-17-2-3-18(45)11-41-10-17)47-15-34-6-1-7-44(34)12-16(8-34)30(37)38/h4-5,17-18,41H,1-3,6-8,10-15,40H2. The highest BCUT2D eigenvalue weighted by Crippen LogP contribution is 2.49. The number of piperazine rings is 1. The Morgan fingerprint density at radius 2 is 1.94 bits per heavy atom. The number of fused-ring (bicyclic) bond motifs is 7. The SMILES string of the molecule is N#Cc1c(N)sc2c(F)ccc(-c3c4c(c5c(N6C7CCC6CNC7)nc(OCC67CCCN6CC(=C(F)F)C7)nc5c3F)COC4)c12. The number of hydrogen-bond donors (Lipinski definition) is 2. The summed E-state index contributed by atoms with van der Waals surface area (Å²) in [4.78, 5) is 13.9. The van der Waals surface area contributed by atoms with Gasteiger partial charge in [0, 0.05) is 48.2 Å². The van der Waals surface area contributed by atoms with Crippen LogP contribution < -0.4 is 20.7 Å². The van der Waals surface area contributed by atoms with E-state index >= 15 is 8.78 Å². The Morgan fingerprint density at radius 3 is 2.71 bits per heavy atom. The number of thiophene rings is 1. The predicted octanol–water partition coefficient (Wildman–Crippen LogP) is 5.98. The first-order valence-corrected chi connectivity index (χ1v) is 17.0. The van der Waals surface area contributed by atoms with Crippen molar-refractivity contribution < 1.29 is 27.0 Å². The molecule has 5 aliphatic heterocycles. The Kier molecular flexibility index (Phi) is 6.89. The summed E-state index contributed by atoms with van der Waals surface area (Å²) in [5, 5.41) is 14.4. The second-order valence-electron chi connectivity index (χ2n) is 13.5. The third-order valence-electron chi connectivity index (χ3n) is 11.0. The molecule has 4 saturated heterocycles. The van der Waals surface area contributed by atoms with Crippen molar-refractivity contribution in [2.75, 3.05) is 43.4 Å². The molecule has 248 valence electrons. The number of hydrogen-bond acceptors (Lipinski definition) is 10. The summed E-state index contributed by atoms with van der Waals surface area (Å²) >= 11 is 0.954. The summed E-state index contributed by atoms with van der Waals surface area (Å²) in [6, 6.07) is 5.07. The zero-order valence-corrected chi connectivity index (χ0v) is 26.7. The van der Waals surface area contributed by atoms with E-state index in [1.807, 2.05) is 4.90 Å². The van der Waals surface area contributed by atoms with Crippen LogP contribution in [0.5, 0.6) is 6.01 Å². The van der Waals surface area contributed by atoms with Crippen LogP contribution in [0, 0.1) is 23.0 Å². The molecule has 48 heavy (non-hydrogen) atoms. The molecule has 0 aliphatic carbocycles. The lowest BCUT2D eigenvalue weighted by Crippen LogP contribution is -2.52. The maximum atomic E-state index is 17.4. The molecule has 3 atom stereocenters. The Labute approximate surface area is 276 Å². The highest BCUT2D eigenvalue weighted by molar-refractivity contribution is 7.23. The number of nitriles is 1. The Balaban J connectivity index is 1.25. The van der Waals surface area contributed by atoms with Crippen LogP contribution in [0.2, 0.25) is 0 Å². The number of nitrogen functional groups attached to an aromatic ring is 1. The molecule has 3 unspecified atom stereocenters. The number of benzene rings is 2. The molecule has 2 bridgehead atoms. The van der Waals surface area contributed by atoms with E-state index in [1.165, 1.54) is 12.1 Å². The molecule has 0 saturated carbocycles. The monoisotopic (exact) mass is 677 g/mol. The van der Waals surface area contributed by atoms with Crippen molar-refractivity contribution >= 4 is 43.1 Å². The first-order valence-electron chi connectivity index (χ1n) is 16.2. The van der Waals surface area contributed by atoms with Gasteiger partial charge in [-0.2, -0.15) is 24.0 Å². The number of nitrogens with zero attached hydrogens (tertiary/aromatic N) is 5. The number of nitrogens with one attached hydrogen (secondary N) is 1. The van der Waals surface area contributed by atoms with E-state index in [0.717, 1.165) is 49.3 Å². The van der Waals surface area contributed by atoms with Gasteiger partial charge in [0.1, 0.15) is 34.8 Å². The minimum absolute atomic E-state index is 0.0275. The van der Waals surface area contributed by atoms with Gasteiger partial charge in [0.05, 0.1) is 34.4 Å². The fourth-order valence-electron chi connectivity index (χ4n) is 8.82. The fourth-order valence-corrected chi connectivity index (χ4v) is 9.77. The molecular formula is C34H31F4N7O2S. The molecule has 9 rings (SSSR count). The molecule has 2 aromatic carbocycles. The zero-order chi connectivity index (χ0) is 32.9. The van der Waals surface area contributed by atoms with E-state index in [1.54, 1.807) is 0 Å². The van der Waals surface area contributed by atoms with E-state index in [9.17, 15) is 14.0 Å². The van der Waals surface area contributed by atoms with Crippen LogP contribution in [0.4, 0.5) is 28.4 Å². The van der Waals surface area contributed by atoms with Gasteiger partial charge in [-0.3, -0.25) is 4.90 Å². The van der Waals surface area contributed by atoms with E-state index in [4.69, 9.17) is 20.2 Å². The predicted molar refractivity (Wildman–Crippen MR) is 173 cm³/mol. The summed E-state index contributed by atoms with van der Waals surface area (Å²) in [7, 11) is 0. The number of halogens is 4. The van der Waals surface area contributed by atoms with Gasteiger partial charge in [-0.25, -0.2) is 8.78 Å². The minimum Gasteiger partial charge on any atom is -0.461 e. The van der Waals surface area contributed by atoms with Crippen molar-refractivity contribution in [2.24, 2.45) is 0 Å². The van der Waals surface area contributed by atoms with Crippen LogP contribution in [-0.2, 0) is 18.0 Å². The number of nitrogens with two attached hydrogens (primary N) is 1. The Hall–Kier alpha value is -4.03. The highest BCUT2D eigenvalue weighted by atomic mass is 32.1. The second kappa shape index (κ2) is 11.0. The molecule has 3 N–H and O–H groups in total. The fraction of sp³-hybridized carbons (Fsp3) is 0.441. The zero-order valence-electron chi connectivity index (χ0n) is 25.8. The maximum absolute atomic E-state index is 17.4. The summed E-state index contributed by atoms with van der Waals surface area (Å²) in [6.45, 7) is 2.80. The van der Waals surface area contributed by atoms with E-state index in [-0.39, 0.29) is 88.2 Å². The molecular weight excluding hydrogens is 646 g/mol. The van der Waals surface area contributed by atoms with Crippen molar-refractivity contribution in [1.29, 1.82) is 5.26 Å². The Morgan fingerprint density at radius 1 is 1.15 bits per heavy atom. The van der Waals surface area contributed by atoms with Gasteiger partial charge < -0.3 is 25.4 Å². The molecule has 7 heterocycles. The third-order valence-corrected chi connectivity index (χ3v) is 12.0. The normalized spacial score (nSPS) is 24.9. The van der Waals surface area contributed by atoms with Crippen molar-refractivity contribution in [3.05, 3.63) is 52.1 Å². The minimum atomic E-state index is -1.64. The van der Waals surface area contributed by atoms with Crippen LogP contribution in [-0.4, -0.2) is 65.3 Å². The lowest BCUT2D eigenvalue weighted by molar-refractivity contribution is 0.108. The van der Waals surface area contributed by atoms with E-state index < -0.39 is 23.3 Å². The van der Waals surface area contributed by atoms with Crippen LogP contribution in [0.15, 0.2) is 23.8 Å². The van der Waals surface area contributed by atoms with E-state index in [2.05, 4.69) is 21.3 Å². The molecule has 0 amide bonds. The molecule has 2 aromatic heterocycles. The van der Waals surface area contributed by atoms with Crippen molar-refractivity contribution in [1.82, 2.24) is 20.2 Å². The summed E-state index contributed by atoms with van der Waals surface area (Å²) in [5.41, 5.74) is 7.64. The van der Waals surface area contributed by atoms with E-state index in [0.29, 0.717) is 35.3 Å². The quantitative estimate of drug-likeness (QED) is 0.247. The van der Waals surface area contributed by atoms with Crippen LogP contribution >= 0.6 is 11.3 Å². The molecule has 0 radical (unpaired) electrons. The van der Waals surface area contributed by atoms with Gasteiger partial charge in [-0.05, 0) is 61.4 Å². The lowest BCUT2D eigenvalue weighted by Gasteiger charge is -2.37. The largest absolute Gasteiger partial charge is 0.461 e. The van der Waals surface area contributed by atoms with Crippen molar-refractivity contribution in [2.45, 2.75) is 62.9 Å². The number of aromatic nitrogens is 2. The van der Waals surface area contributed by atoms with Crippen molar-refractivity contribution in [3.63, 3.8) is 0 Å². The van der Waals surface area contributed by atoms with Gasteiger partial charge in [0.2, 0.25) is 0 Å². The van der Waals surface area contributed by atoms with Gasteiger partial charge in [-0.15, -0.1) is 11.3 Å². The average Bonchev–Trinajstić information content (AvgIpc) is 3.88. The topological polar surface area (TPSA) is 113 Å². The maximum Gasteiger partial charge on any atom is 0.319 e. The second-order valence-corrected chi connectivity index (χ2v) is 14.5.